The third kappa shape index (κ3) is 3.64. The van der Waals surface area contributed by atoms with E-state index in [0.29, 0.717) is 13.1 Å². The quantitative estimate of drug-likeness (QED) is 0.516. The number of nitro groups is 1. The average molecular weight is 312 g/mol. The molecule has 0 spiro atoms. The molecule has 1 saturated heterocycles. The smallest absolute Gasteiger partial charge is 0.271 e. The van der Waals surface area contributed by atoms with E-state index in [2.05, 4.69) is 0 Å². The second kappa shape index (κ2) is 6.76. The number of nitro benzene ring substituents is 1. The van der Waals surface area contributed by atoms with Crippen LogP contribution >= 0.6 is 11.6 Å². The van der Waals surface area contributed by atoms with Gasteiger partial charge in [-0.3, -0.25) is 14.9 Å². The molecule has 0 bridgehead atoms. The normalized spacial score (nSPS) is 16.1. The first-order chi connectivity index (χ1) is 10.0. The number of likely N-dealkylation sites (tertiary alicyclic amines) is 1. The van der Waals surface area contributed by atoms with Crippen molar-refractivity contribution in [3.8, 4) is 0 Å². The maximum absolute atomic E-state index is 12.6. The molecule has 2 rings (SSSR count). The van der Waals surface area contributed by atoms with Crippen LogP contribution < -0.4 is 5.73 Å². The summed E-state index contributed by atoms with van der Waals surface area (Å²) in [6.07, 6.45) is 5.25. The topological polar surface area (TPSA) is 89.5 Å². The standard InChI is InChI=1S/C14H18ClN3O3/c15-12-9-10(18(20)21)8-11(13(12)16)14(19)17-6-4-2-1-3-5-7-17/h8-9H,1-7,16H2. The summed E-state index contributed by atoms with van der Waals surface area (Å²) in [5.74, 6) is -0.278. The third-order valence-electron chi connectivity index (χ3n) is 3.70. The number of nitrogens with zero attached hydrogens (tertiary/aromatic N) is 2. The van der Waals surface area contributed by atoms with Crippen LogP contribution in [0.5, 0.6) is 0 Å². The molecule has 2 N–H and O–H groups in total. The van der Waals surface area contributed by atoms with Crippen LogP contribution in [-0.4, -0.2) is 28.8 Å². The lowest BCUT2D eigenvalue weighted by Gasteiger charge is -2.25. The number of non-ortho nitro benzene ring substituents is 1. The first-order valence-electron chi connectivity index (χ1n) is 7.03. The number of hydrogen-bond donors (Lipinski definition) is 1. The number of hydrogen-bond acceptors (Lipinski definition) is 4. The number of carbonyl (C=O) groups is 1. The minimum absolute atomic E-state index is 0.0413. The van der Waals surface area contributed by atoms with Crippen LogP contribution in [0.2, 0.25) is 5.02 Å². The van der Waals surface area contributed by atoms with Crippen LogP contribution in [0.1, 0.15) is 42.5 Å². The molecule has 0 radical (unpaired) electrons. The van der Waals surface area contributed by atoms with Crippen LogP contribution in [-0.2, 0) is 0 Å². The fourth-order valence-electron chi connectivity index (χ4n) is 2.51. The number of rotatable bonds is 2. The Kier molecular flexibility index (Phi) is 5.01. The van der Waals surface area contributed by atoms with Crippen molar-refractivity contribution in [2.45, 2.75) is 32.1 Å². The summed E-state index contributed by atoms with van der Waals surface area (Å²) in [5.41, 5.74) is 5.84. The van der Waals surface area contributed by atoms with E-state index >= 15 is 0 Å². The lowest BCUT2D eigenvalue weighted by molar-refractivity contribution is -0.384. The van der Waals surface area contributed by atoms with E-state index in [9.17, 15) is 14.9 Å². The Morgan fingerprint density at radius 1 is 1.19 bits per heavy atom. The van der Waals surface area contributed by atoms with Crippen molar-refractivity contribution in [2.24, 2.45) is 0 Å². The Morgan fingerprint density at radius 3 is 2.33 bits per heavy atom. The van der Waals surface area contributed by atoms with Crippen LogP contribution in [0, 0.1) is 10.1 Å². The molecule has 21 heavy (non-hydrogen) atoms. The van der Waals surface area contributed by atoms with Gasteiger partial charge in [0.1, 0.15) is 0 Å². The fourth-order valence-corrected chi connectivity index (χ4v) is 2.72. The summed E-state index contributed by atoms with van der Waals surface area (Å²) >= 11 is 5.90. The first-order valence-corrected chi connectivity index (χ1v) is 7.41. The summed E-state index contributed by atoms with van der Waals surface area (Å²) in [6, 6.07) is 2.38. The van der Waals surface area contributed by atoms with Gasteiger partial charge in [-0.1, -0.05) is 30.9 Å². The van der Waals surface area contributed by atoms with Gasteiger partial charge < -0.3 is 10.6 Å². The van der Waals surface area contributed by atoms with Gasteiger partial charge in [0.05, 0.1) is 21.2 Å². The number of nitrogen functional groups attached to an aromatic ring is 1. The minimum atomic E-state index is -0.574. The second-order valence-corrected chi connectivity index (χ2v) is 5.61. The van der Waals surface area contributed by atoms with E-state index in [-0.39, 0.29) is 27.9 Å². The number of amides is 1. The molecular formula is C14H18ClN3O3. The molecule has 1 aliphatic rings. The highest BCUT2D eigenvalue weighted by molar-refractivity contribution is 6.34. The zero-order valence-corrected chi connectivity index (χ0v) is 12.4. The van der Waals surface area contributed by atoms with Gasteiger partial charge in [0.15, 0.2) is 0 Å². The number of anilines is 1. The number of nitrogens with two attached hydrogens (primary N) is 1. The Labute approximate surface area is 128 Å². The molecule has 0 saturated carbocycles. The second-order valence-electron chi connectivity index (χ2n) is 5.21. The van der Waals surface area contributed by atoms with Gasteiger partial charge in [0.2, 0.25) is 0 Å². The lowest BCUT2D eigenvalue weighted by Crippen LogP contribution is -2.34. The Morgan fingerprint density at radius 2 is 1.76 bits per heavy atom. The van der Waals surface area contributed by atoms with Gasteiger partial charge in [-0.2, -0.15) is 0 Å². The van der Waals surface area contributed by atoms with E-state index < -0.39 is 4.92 Å². The van der Waals surface area contributed by atoms with Crippen molar-refractivity contribution in [3.05, 3.63) is 32.8 Å². The third-order valence-corrected chi connectivity index (χ3v) is 4.01. The maximum Gasteiger partial charge on any atom is 0.271 e. The molecule has 0 aliphatic carbocycles. The molecule has 0 unspecified atom stereocenters. The highest BCUT2D eigenvalue weighted by Gasteiger charge is 2.23. The number of carbonyl (C=O) groups excluding carboxylic acids is 1. The lowest BCUT2D eigenvalue weighted by atomic mass is 10.1. The summed E-state index contributed by atoms with van der Waals surface area (Å²) in [7, 11) is 0. The SMILES string of the molecule is Nc1c(Cl)cc([N+](=O)[O-])cc1C(=O)N1CCCCCCC1. The number of halogens is 1. The summed E-state index contributed by atoms with van der Waals surface area (Å²) < 4.78 is 0. The average Bonchev–Trinajstić information content (AvgIpc) is 2.40. The van der Waals surface area contributed by atoms with Gasteiger partial charge in [0, 0.05) is 25.2 Å². The molecule has 1 fully saturated rings. The maximum atomic E-state index is 12.6. The fraction of sp³-hybridized carbons (Fsp3) is 0.500. The molecule has 114 valence electrons. The van der Waals surface area contributed by atoms with Crippen molar-refractivity contribution in [1.82, 2.24) is 4.90 Å². The monoisotopic (exact) mass is 311 g/mol. The van der Waals surface area contributed by atoms with Gasteiger partial charge >= 0.3 is 0 Å². The predicted octanol–water partition coefficient (Wildman–Crippen LogP) is 3.24. The van der Waals surface area contributed by atoms with Crippen molar-refractivity contribution in [2.75, 3.05) is 18.8 Å². The molecule has 1 aromatic carbocycles. The van der Waals surface area contributed by atoms with Crippen LogP contribution in [0.25, 0.3) is 0 Å². The van der Waals surface area contributed by atoms with Crippen molar-refractivity contribution in [3.63, 3.8) is 0 Å². The molecule has 0 aromatic heterocycles. The largest absolute Gasteiger partial charge is 0.397 e. The first kappa shape index (κ1) is 15.6. The van der Waals surface area contributed by atoms with Gasteiger partial charge in [0.25, 0.3) is 11.6 Å². The Balaban J connectivity index is 2.30. The molecule has 6 nitrogen and oxygen atoms in total. The summed E-state index contributed by atoms with van der Waals surface area (Å²) in [6.45, 7) is 1.30. The molecule has 1 heterocycles. The van der Waals surface area contributed by atoms with Gasteiger partial charge in [-0.05, 0) is 12.8 Å². The van der Waals surface area contributed by atoms with E-state index in [4.69, 9.17) is 17.3 Å². The highest BCUT2D eigenvalue weighted by atomic mass is 35.5. The summed E-state index contributed by atoms with van der Waals surface area (Å²) in [5, 5.41) is 10.9. The molecule has 1 aromatic rings. The number of benzene rings is 1. The predicted molar refractivity (Wildman–Crippen MR) is 81.5 cm³/mol. The zero-order chi connectivity index (χ0) is 15.4. The van der Waals surface area contributed by atoms with Crippen molar-refractivity contribution < 1.29 is 9.72 Å². The van der Waals surface area contributed by atoms with Crippen molar-refractivity contribution >= 4 is 28.9 Å². The summed E-state index contributed by atoms with van der Waals surface area (Å²) in [4.78, 5) is 24.6. The highest BCUT2D eigenvalue weighted by Crippen LogP contribution is 2.30. The van der Waals surface area contributed by atoms with Crippen molar-refractivity contribution in [1.29, 1.82) is 0 Å². The van der Waals surface area contributed by atoms with Gasteiger partial charge in [-0.25, -0.2) is 0 Å². The van der Waals surface area contributed by atoms with Gasteiger partial charge in [-0.15, -0.1) is 0 Å². The van der Waals surface area contributed by atoms with E-state index in [1.165, 1.54) is 18.6 Å². The van der Waals surface area contributed by atoms with E-state index in [1.54, 1.807) is 4.90 Å². The molecular weight excluding hydrogens is 294 g/mol. The minimum Gasteiger partial charge on any atom is -0.397 e. The molecule has 1 amide bonds. The molecule has 7 heteroatoms. The van der Waals surface area contributed by atoms with E-state index in [0.717, 1.165) is 25.7 Å². The van der Waals surface area contributed by atoms with Crippen LogP contribution in [0.15, 0.2) is 12.1 Å². The molecule has 0 atom stereocenters. The molecule has 1 aliphatic heterocycles. The Hall–Kier alpha value is -1.82. The Bertz CT molecular complexity index is 555. The zero-order valence-electron chi connectivity index (χ0n) is 11.7. The van der Waals surface area contributed by atoms with E-state index in [1.807, 2.05) is 0 Å². The van der Waals surface area contributed by atoms with Crippen LogP contribution in [0.4, 0.5) is 11.4 Å². The van der Waals surface area contributed by atoms with Crippen LogP contribution in [0.3, 0.4) is 0 Å².